The SMILES string of the molecule is CCN(C)C(=O)CNc1ccc(N)cc1C#N. The maximum absolute atomic E-state index is 11.6. The summed E-state index contributed by atoms with van der Waals surface area (Å²) in [6, 6.07) is 7.01. The summed E-state index contributed by atoms with van der Waals surface area (Å²) < 4.78 is 0. The highest BCUT2D eigenvalue weighted by Crippen LogP contribution is 2.17. The van der Waals surface area contributed by atoms with Crippen molar-refractivity contribution in [3.05, 3.63) is 23.8 Å². The summed E-state index contributed by atoms with van der Waals surface area (Å²) in [7, 11) is 1.73. The molecule has 0 aliphatic carbocycles. The zero-order valence-electron chi connectivity index (χ0n) is 10.0. The van der Waals surface area contributed by atoms with E-state index in [2.05, 4.69) is 5.32 Å². The zero-order valence-corrected chi connectivity index (χ0v) is 10.0. The van der Waals surface area contributed by atoms with Gasteiger partial charge >= 0.3 is 0 Å². The number of benzene rings is 1. The van der Waals surface area contributed by atoms with Gasteiger partial charge in [-0.05, 0) is 25.1 Å². The first kappa shape index (κ1) is 12.8. The number of hydrogen-bond donors (Lipinski definition) is 2. The summed E-state index contributed by atoms with van der Waals surface area (Å²) in [6.07, 6.45) is 0. The van der Waals surface area contributed by atoms with E-state index < -0.39 is 0 Å². The Labute approximate surface area is 101 Å². The Balaban J connectivity index is 2.70. The van der Waals surface area contributed by atoms with Crippen LogP contribution in [0.15, 0.2) is 18.2 Å². The number of nitrogen functional groups attached to an aromatic ring is 1. The molecular formula is C12H16N4O. The average molecular weight is 232 g/mol. The van der Waals surface area contributed by atoms with E-state index in [0.29, 0.717) is 23.5 Å². The summed E-state index contributed by atoms with van der Waals surface area (Å²) >= 11 is 0. The Hall–Kier alpha value is -2.22. The van der Waals surface area contributed by atoms with Gasteiger partial charge in [0.05, 0.1) is 17.8 Å². The molecule has 90 valence electrons. The normalized spacial score (nSPS) is 9.47. The summed E-state index contributed by atoms with van der Waals surface area (Å²) in [5.41, 5.74) is 7.17. The molecule has 0 bridgehead atoms. The quantitative estimate of drug-likeness (QED) is 0.760. The fraction of sp³-hybridized carbons (Fsp3) is 0.333. The van der Waals surface area contributed by atoms with Crippen LogP contribution in [-0.4, -0.2) is 30.9 Å². The number of carbonyl (C=O) groups excluding carboxylic acids is 1. The van der Waals surface area contributed by atoms with Crippen molar-refractivity contribution in [1.82, 2.24) is 4.90 Å². The van der Waals surface area contributed by atoms with E-state index in [4.69, 9.17) is 11.0 Å². The largest absolute Gasteiger partial charge is 0.399 e. The molecule has 1 aromatic rings. The van der Waals surface area contributed by atoms with Gasteiger partial charge in [-0.2, -0.15) is 5.26 Å². The fourth-order valence-electron chi connectivity index (χ4n) is 1.29. The van der Waals surface area contributed by atoms with Crippen molar-refractivity contribution in [3.8, 4) is 6.07 Å². The first-order valence-corrected chi connectivity index (χ1v) is 5.36. The lowest BCUT2D eigenvalue weighted by Crippen LogP contribution is -2.32. The molecule has 1 rings (SSSR count). The van der Waals surface area contributed by atoms with Crippen LogP contribution in [0.1, 0.15) is 12.5 Å². The van der Waals surface area contributed by atoms with E-state index in [-0.39, 0.29) is 12.5 Å². The highest BCUT2D eigenvalue weighted by molar-refractivity contribution is 5.81. The highest BCUT2D eigenvalue weighted by atomic mass is 16.2. The molecule has 5 nitrogen and oxygen atoms in total. The molecule has 1 aromatic carbocycles. The monoisotopic (exact) mass is 232 g/mol. The molecule has 0 fully saturated rings. The minimum atomic E-state index is -0.0202. The van der Waals surface area contributed by atoms with Crippen LogP contribution in [0, 0.1) is 11.3 Å². The van der Waals surface area contributed by atoms with Crippen LogP contribution >= 0.6 is 0 Å². The van der Waals surface area contributed by atoms with Crippen LogP contribution in [0.2, 0.25) is 0 Å². The van der Waals surface area contributed by atoms with Crippen LogP contribution in [0.4, 0.5) is 11.4 Å². The predicted molar refractivity (Wildman–Crippen MR) is 67.4 cm³/mol. The molecule has 0 aromatic heterocycles. The van der Waals surface area contributed by atoms with Crippen LogP contribution in [0.3, 0.4) is 0 Å². The van der Waals surface area contributed by atoms with Crippen molar-refractivity contribution in [2.24, 2.45) is 0 Å². The summed E-state index contributed by atoms with van der Waals surface area (Å²) in [5, 5.41) is 11.9. The molecule has 0 unspecified atom stereocenters. The Morgan fingerprint density at radius 3 is 2.88 bits per heavy atom. The van der Waals surface area contributed by atoms with Gasteiger partial charge in [0.25, 0.3) is 0 Å². The Morgan fingerprint density at radius 1 is 1.59 bits per heavy atom. The van der Waals surface area contributed by atoms with Crippen LogP contribution < -0.4 is 11.1 Å². The van der Waals surface area contributed by atoms with Crippen molar-refractivity contribution < 1.29 is 4.79 Å². The maximum atomic E-state index is 11.6. The number of hydrogen-bond acceptors (Lipinski definition) is 4. The van der Waals surface area contributed by atoms with Crippen molar-refractivity contribution in [2.45, 2.75) is 6.92 Å². The van der Waals surface area contributed by atoms with E-state index in [9.17, 15) is 4.79 Å². The van der Waals surface area contributed by atoms with Gasteiger partial charge in [-0.3, -0.25) is 4.79 Å². The van der Waals surface area contributed by atoms with E-state index in [1.54, 1.807) is 30.1 Å². The molecule has 0 aliphatic heterocycles. The third-order valence-corrected chi connectivity index (χ3v) is 2.49. The van der Waals surface area contributed by atoms with Crippen molar-refractivity contribution in [1.29, 1.82) is 5.26 Å². The Bertz CT molecular complexity index is 450. The molecular weight excluding hydrogens is 216 g/mol. The van der Waals surface area contributed by atoms with Crippen molar-refractivity contribution >= 4 is 17.3 Å². The maximum Gasteiger partial charge on any atom is 0.241 e. The van der Waals surface area contributed by atoms with Crippen LogP contribution in [0.25, 0.3) is 0 Å². The number of nitrogens with two attached hydrogens (primary N) is 1. The Kier molecular flexibility index (Phi) is 4.35. The van der Waals surface area contributed by atoms with Gasteiger partial charge in [-0.15, -0.1) is 0 Å². The molecule has 0 atom stereocenters. The number of nitriles is 1. The minimum Gasteiger partial charge on any atom is -0.399 e. The second-order valence-corrected chi connectivity index (χ2v) is 3.68. The van der Waals surface area contributed by atoms with E-state index >= 15 is 0 Å². The molecule has 0 saturated heterocycles. The lowest BCUT2D eigenvalue weighted by atomic mass is 10.1. The molecule has 1 amide bonds. The summed E-state index contributed by atoms with van der Waals surface area (Å²) in [6.45, 7) is 2.73. The third-order valence-electron chi connectivity index (χ3n) is 2.49. The molecule has 0 radical (unpaired) electrons. The molecule has 0 saturated carbocycles. The molecule has 0 spiro atoms. The van der Waals surface area contributed by atoms with Gasteiger partial charge in [0.2, 0.25) is 5.91 Å². The topological polar surface area (TPSA) is 82.2 Å². The molecule has 0 heterocycles. The van der Waals surface area contributed by atoms with E-state index in [0.717, 1.165) is 0 Å². The second-order valence-electron chi connectivity index (χ2n) is 3.68. The fourth-order valence-corrected chi connectivity index (χ4v) is 1.29. The van der Waals surface area contributed by atoms with Gasteiger partial charge < -0.3 is 16.0 Å². The Morgan fingerprint density at radius 2 is 2.29 bits per heavy atom. The number of amides is 1. The number of anilines is 2. The first-order chi connectivity index (χ1) is 8.08. The number of nitrogens with one attached hydrogen (secondary N) is 1. The number of rotatable bonds is 4. The van der Waals surface area contributed by atoms with Crippen molar-refractivity contribution in [2.75, 3.05) is 31.2 Å². The number of likely N-dealkylation sites (N-methyl/N-ethyl adjacent to an activating group) is 1. The van der Waals surface area contributed by atoms with Gasteiger partial charge in [-0.1, -0.05) is 0 Å². The van der Waals surface area contributed by atoms with Crippen LogP contribution in [0.5, 0.6) is 0 Å². The zero-order chi connectivity index (χ0) is 12.8. The molecule has 17 heavy (non-hydrogen) atoms. The predicted octanol–water partition coefficient (Wildman–Crippen LogP) is 1.03. The van der Waals surface area contributed by atoms with Gasteiger partial charge in [0, 0.05) is 19.3 Å². The highest BCUT2D eigenvalue weighted by Gasteiger charge is 2.08. The second kappa shape index (κ2) is 5.75. The van der Waals surface area contributed by atoms with Gasteiger partial charge in [0.15, 0.2) is 0 Å². The number of nitrogens with zero attached hydrogens (tertiary/aromatic N) is 2. The third kappa shape index (κ3) is 3.38. The van der Waals surface area contributed by atoms with E-state index in [1.807, 2.05) is 13.0 Å². The number of carbonyl (C=O) groups is 1. The average Bonchev–Trinajstić information content (AvgIpc) is 2.35. The van der Waals surface area contributed by atoms with E-state index in [1.165, 1.54) is 0 Å². The molecule has 3 N–H and O–H groups in total. The van der Waals surface area contributed by atoms with Crippen molar-refractivity contribution in [3.63, 3.8) is 0 Å². The lowest BCUT2D eigenvalue weighted by Gasteiger charge is -2.15. The molecule has 0 aliphatic rings. The smallest absolute Gasteiger partial charge is 0.241 e. The minimum absolute atomic E-state index is 0.0202. The summed E-state index contributed by atoms with van der Waals surface area (Å²) in [5.74, 6) is -0.0202. The lowest BCUT2D eigenvalue weighted by molar-refractivity contribution is -0.127. The van der Waals surface area contributed by atoms with Gasteiger partial charge in [0.1, 0.15) is 6.07 Å². The van der Waals surface area contributed by atoms with Gasteiger partial charge in [-0.25, -0.2) is 0 Å². The van der Waals surface area contributed by atoms with Crippen LogP contribution in [-0.2, 0) is 4.79 Å². The standard InChI is InChI=1S/C12H16N4O/c1-3-16(2)12(17)8-15-11-5-4-10(14)6-9(11)7-13/h4-6,15H,3,8,14H2,1-2H3. The summed E-state index contributed by atoms with van der Waals surface area (Å²) in [4.78, 5) is 13.2. The first-order valence-electron chi connectivity index (χ1n) is 5.36. The molecule has 5 heteroatoms.